The maximum atomic E-state index is 14.0. The van der Waals surface area contributed by atoms with Gasteiger partial charge >= 0.3 is 0 Å². The Kier molecular flexibility index (Phi) is 6.51. The zero-order valence-corrected chi connectivity index (χ0v) is 17.0. The summed E-state index contributed by atoms with van der Waals surface area (Å²) < 4.78 is 52.1. The highest BCUT2D eigenvalue weighted by molar-refractivity contribution is 7.89. The minimum atomic E-state index is -3.77. The van der Waals surface area contributed by atoms with Gasteiger partial charge in [0.05, 0.1) is 35.5 Å². The number of nitrogens with one attached hydrogen (secondary N) is 1. The Balaban J connectivity index is 1.96. The second kappa shape index (κ2) is 8.89. The summed E-state index contributed by atoms with van der Waals surface area (Å²) >= 11 is 0. The number of hydrogen-bond acceptors (Lipinski definition) is 5. The monoisotopic (exact) mass is 422 g/mol. The molecule has 0 atom stereocenters. The van der Waals surface area contributed by atoms with E-state index < -0.39 is 21.7 Å². The lowest BCUT2D eigenvalue weighted by Gasteiger charge is -2.26. The molecule has 2 aromatic rings. The van der Waals surface area contributed by atoms with Crippen molar-refractivity contribution >= 4 is 21.6 Å². The third kappa shape index (κ3) is 4.92. The Hall–Kier alpha value is -2.49. The van der Waals surface area contributed by atoms with E-state index in [4.69, 9.17) is 9.47 Å². The van der Waals surface area contributed by atoms with Crippen LogP contribution in [0.3, 0.4) is 0 Å². The van der Waals surface area contributed by atoms with Gasteiger partial charge in [-0.25, -0.2) is 12.8 Å². The lowest BCUT2D eigenvalue weighted by molar-refractivity contribution is 0.0730. The van der Waals surface area contributed by atoms with Crippen molar-refractivity contribution in [1.82, 2.24) is 4.31 Å². The highest BCUT2D eigenvalue weighted by Gasteiger charge is 2.27. The SMILES string of the molecule is CC(C)Oc1ccc(S(=O)(=O)N2CCOCC2)cc1NC(=O)c1ccccc1F. The fourth-order valence-electron chi connectivity index (χ4n) is 2.89. The molecule has 0 saturated carbocycles. The molecule has 156 valence electrons. The number of carbonyl (C=O) groups is 1. The first-order valence-electron chi connectivity index (χ1n) is 9.23. The quantitative estimate of drug-likeness (QED) is 0.774. The lowest BCUT2D eigenvalue weighted by atomic mass is 10.2. The molecule has 1 fully saturated rings. The van der Waals surface area contributed by atoms with E-state index in [0.717, 1.165) is 0 Å². The van der Waals surface area contributed by atoms with E-state index in [9.17, 15) is 17.6 Å². The van der Waals surface area contributed by atoms with Crippen molar-refractivity contribution in [3.05, 3.63) is 53.8 Å². The van der Waals surface area contributed by atoms with Crippen molar-refractivity contribution in [3.63, 3.8) is 0 Å². The summed E-state index contributed by atoms with van der Waals surface area (Å²) in [6, 6.07) is 9.81. The van der Waals surface area contributed by atoms with Gasteiger partial charge in [0.1, 0.15) is 11.6 Å². The van der Waals surface area contributed by atoms with Gasteiger partial charge in [-0.15, -0.1) is 0 Å². The van der Waals surface area contributed by atoms with Gasteiger partial charge in [-0.05, 0) is 44.2 Å². The van der Waals surface area contributed by atoms with E-state index in [-0.39, 0.29) is 35.3 Å². The molecule has 0 aromatic heterocycles. The highest BCUT2D eigenvalue weighted by Crippen LogP contribution is 2.31. The number of rotatable bonds is 6. The Morgan fingerprint density at radius 2 is 1.86 bits per heavy atom. The maximum absolute atomic E-state index is 14.0. The zero-order valence-electron chi connectivity index (χ0n) is 16.2. The number of sulfonamides is 1. The van der Waals surface area contributed by atoms with Crippen molar-refractivity contribution < 1.29 is 27.1 Å². The van der Waals surface area contributed by atoms with Crippen LogP contribution < -0.4 is 10.1 Å². The topological polar surface area (TPSA) is 84.9 Å². The number of nitrogens with zero attached hydrogens (tertiary/aromatic N) is 1. The number of anilines is 1. The van der Waals surface area contributed by atoms with Crippen molar-refractivity contribution in [2.75, 3.05) is 31.6 Å². The van der Waals surface area contributed by atoms with E-state index in [2.05, 4.69) is 5.32 Å². The normalized spacial score (nSPS) is 15.3. The van der Waals surface area contributed by atoms with Crippen LogP contribution >= 0.6 is 0 Å². The summed E-state index contributed by atoms with van der Waals surface area (Å²) in [6.07, 6.45) is -0.208. The fourth-order valence-corrected chi connectivity index (χ4v) is 4.33. The van der Waals surface area contributed by atoms with E-state index >= 15 is 0 Å². The summed E-state index contributed by atoms with van der Waals surface area (Å²) in [5.74, 6) is -1.07. The molecule has 0 unspecified atom stereocenters. The van der Waals surface area contributed by atoms with Crippen LogP contribution in [0.1, 0.15) is 24.2 Å². The molecule has 1 aliphatic heterocycles. The van der Waals surface area contributed by atoms with Crippen LogP contribution in [0.5, 0.6) is 5.75 Å². The molecule has 1 aliphatic rings. The van der Waals surface area contributed by atoms with Crippen LogP contribution in [-0.4, -0.2) is 51.0 Å². The summed E-state index contributed by atoms with van der Waals surface area (Å²) in [6.45, 7) is 4.77. The Bertz CT molecular complexity index is 988. The predicted octanol–water partition coefficient (Wildman–Crippen LogP) is 2.89. The first-order valence-corrected chi connectivity index (χ1v) is 10.7. The van der Waals surface area contributed by atoms with E-state index in [1.807, 2.05) is 0 Å². The van der Waals surface area contributed by atoms with Crippen molar-refractivity contribution in [2.45, 2.75) is 24.8 Å². The van der Waals surface area contributed by atoms with Gasteiger partial charge in [0.25, 0.3) is 5.91 Å². The first-order chi connectivity index (χ1) is 13.8. The van der Waals surface area contributed by atoms with Crippen LogP contribution in [0.25, 0.3) is 0 Å². The molecule has 7 nitrogen and oxygen atoms in total. The summed E-state index contributed by atoms with van der Waals surface area (Å²) in [5.41, 5.74) is 0.00530. The van der Waals surface area contributed by atoms with Crippen LogP contribution in [0, 0.1) is 5.82 Å². The van der Waals surface area contributed by atoms with E-state index in [1.54, 1.807) is 19.9 Å². The molecule has 9 heteroatoms. The highest BCUT2D eigenvalue weighted by atomic mass is 32.2. The van der Waals surface area contributed by atoms with Crippen LogP contribution in [0.15, 0.2) is 47.4 Å². The minimum Gasteiger partial charge on any atom is -0.489 e. The number of hydrogen-bond donors (Lipinski definition) is 1. The number of benzene rings is 2. The van der Waals surface area contributed by atoms with Crippen LogP contribution in [-0.2, 0) is 14.8 Å². The van der Waals surface area contributed by atoms with Gasteiger partial charge in [-0.3, -0.25) is 4.79 Å². The van der Waals surface area contributed by atoms with Gasteiger partial charge in [-0.2, -0.15) is 4.31 Å². The Morgan fingerprint density at radius 1 is 1.17 bits per heavy atom. The molecule has 2 aromatic carbocycles. The molecule has 0 radical (unpaired) electrons. The molecule has 0 spiro atoms. The van der Waals surface area contributed by atoms with Gasteiger partial charge < -0.3 is 14.8 Å². The maximum Gasteiger partial charge on any atom is 0.258 e. The molecule has 3 rings (SSSR count). The number of ether oxygens (including phenoxy) is 2. The molecular formula is C20H23FN2O5S. The largest absolute Gasteiger partial charge is 0.489 e. The molecule has 0 bridgehead atoms. The molecule has 1 N–H and O–H groups in total. The fraction of sp³-hybridized carbons (Fsp3) is 0.350. The van der Waals surface area contributed by atoms with Crippen LogP contribution in [0.4, 0.5) is 10.1 Å². The molecular weight excluding hydrogens is 399 g/mol. The lowest BCUT2D eigenvalue weighted by Crippen LogP contribution is -2.40. The molecule has 1 amide bonds. The standard InChI is InChI=1S/C20H23FN2O5S/c1-14(2)28-19-8-7-15(29(25,26)23-9-11-27-12-10-23)13-18(19)22-20(24)16-5-3-4-6-17(16)21/h3-8,13-14H,9-12H2,1-2H3,(H,22,24). The van der Waals surface area contributed by atoms with Gasteiger partial charge in [0.15, 0.2) is 0 Å². The van der Waals surface area contributed by atoms with Gasteiger partial charge in [0.2, 0.25) is 10.0 Å². The minimum absolute atomic E-state index is 0.0133. The number of amides is 1. The Morgan fingerprint density at radius 3 is 2.52 bits per heavy atom. The first kappa shape index (κ1) is 21.2. The zero-order chi connectivity index (χ0) is 21.0. The van der Waals surface area contributed by atoms with Crippen molar-refractivity contribution in [1.29, 1.82) is 0 Å². The van der Waals surface area contributed by atoms with Gasteiger partial charge in [0, 0.05) is 13.1 Å². The summed E-state index contributed by atoms with van der Waals surface area (Å²) in [4.78, 5) is 12.6. The van der Waals surface area contributed by atoms with E-state index in [0.29, 0.717) is 19.0 Å². The Labute approximate surface area is 169 Å². The average molecular weight is 422 g/mol. The third-order valence-electron chi connectivity index (χ3n) is 4.29. The molecule has 29 heavy (non-hydrogen) atoms. The van der Waals surface area contributed by atoms with Crippen molar-refractivity contribution in [3.8, 4) is 5.75 Å². The predicted molar refractivity (Wildman–Crippen MR) is 106 cm³/mol. The summed E-state index contributed by atoms with van der Waals surface area (Å²) in [5, 5.41) is 2.58. The molecule has 1 heterocycles. The number of carbonyl (C=O) groups excluding carboxylic acids is 1. The number of halogens is 1. The summed E-state index contributed by atoms with van der Waals surface area (Å²) in [7, 11) is -3.77. The van der Waals surface area contributed by atoms with Crippen molar-refractivity contribution in [2.24, 2.45) is 0 Å². The van der Waals surface area contributed by atoms with Crippen LogP contribution in [0.2, 0.25) is 0 Å². The molecule has 1 saturated heterocycles. The van der Waals surface area contributed by atoms with E-state index in [1.165, 1.54) is 40.7 Å². The smallest absolute Gasteiger partial charge is 0.258 e. The van der Waals surface area contributed by atoms with Gasteiger partial charge in [-0.1, -0.05) is 12.1 Å². The average Bonchev–Trinajstić information content (AvgIpc) is 2.69. The second-order valence-corrected chi connectivity index (χ2v) is 8.71. The second-order valence-electron chi connectivity index (χ2n) is 6.78. The number of morpholine rings is 1. The molecule has 0 aliphatic carbocycles. The third-order valence-corrected chi connectivity index (χ3v) is 6.18.